The van der Waals surface area contributed by atoms with Crippen LogP contribution < -0.4 is 10.6 Å². The zero-order chi connectivity index (χ0) is 15.4. The summed E-state index contributed by atoms with van der Waals surface area (Å²) in [7, 11) is 0. The van der Waals surface area contributed by atoms with Crippen molar-refractivity contribution >= 4 is 28.2 Å². The molecule has 2 aromatic rings. The van der Waals surface area contributed by atoms with Crippen LogP contribution in [0, 0.1) is 5.82 Å². The van der Waals surface area contributed by atoms with Gasteiger partial charge in [-0.15, -0.1) is 11.3 Å². The largest absolute Gasteiger partial charge is 0.370 e. The minimum atomic E-state index is -0.552. The molecule has 21 heavy (non-hydrogen) atoms. The second-order valence-corrected chi connectivity index (χ2v) is 5.62. The van der Waals surface area contributed by atoms with Gasteiger partial charge in [0.25, 0.3) is 5.91 Å². The number of pyridine rings is 1. The smallest absolute Gasteiger partial charge is 0.261 e. The topological polar surface area (TPSA) is 66.9 Å². The van der Waals surface area contributed by atoms with E-state index in [1.807, 2.05) is 26.2 Å². The molecule has 2 rings (SSSR count). The van der Waals surface area contributed by atoms with Gasteiger partial charge < -0.3 is 5.32 Å². The highest BCUT2D eigenvalue weighted by Gasteiger charge is 2.16. The number of amides is 1. The van der Waals surface area contributed by atoms with Gasteiger partial charge in [0.05, 0.1) is 17.5 Å². The number of rotatable bonds is 5. The van der Waals surface area contributed by atoms with Crippen LogP contribution in [0.4, 0.5) is 15.3 Å². The van der Waals surface area contributed by atoms with E-state index in [-0.39, 0.29) is 5.56 Å². The highest BCUT2D eigenvalue weighted by atomic mass is 32.1. The fraction of sp³-hybridized carbons (Fsp3) is 0.357. The van der Waals surface area contributed by atoms with Crippen molar-refractivity contribution in [1.82, 2.24) is 9.97 Å². The molecule has 2 heterocycles. The number of hydrogen-bond donors (Lipinski definition) is 2. The van der Waals surface area contributed by atoms with Crippen LogP contribution in [0.15, 0.2) is 17.6 Å². The van der Waals surface area contributed by atoms with Crippen LogP contribution >= 0.6 is 11.3 Å². The van der Waals surface area contributed by atoms with E-state index in [0.717, 1.165) is 18.0 Å². The predicted octanol–water partition coefficient (Wildman–Crippen LogP) is 3.48. The molecule has 2 aromatic heterocycles. The minimum absolute atomic E-state index is 0.165. The molecule has 0 aliphatic carbocycles. The Hall–Kier alpha value is -2.02. The average Bonchev–Trinajstić information content (AvgIpc) is 2.89. The highest BCUT2D eigenvalue weighted by molar-refractivity contribution is 7.14. The summed E-state index contributed by atoms with van der Waals surface area (Å²) >= 11 is 1.35. The van der Waals surface area contributed by atoms with Crippen molar-refractivity contribution in [2.75, 3.05) is 17.2 Å². The van der Waals surface area contributed by atoms with Gasteiger partial charge in [0.1, 0.15) is 11.6 Å². The molecule has 0 atom stereocenters. The fourth-order valence-electron chi connectivity index (χ4n) is 1.69. The molecule has 0 unspecified atom stereocenters. The zero-order valence-corrected chi connectivity index (χ0v) is 12.9. The number of hydrogen-bond acceptors (Lipinski definition) is 5. The normalized spacial score (nSPS) is 10.7. The summed E-state index contributed by atoms with van der Waals surface area (Å²) < 4.78 is 13.3. The Kier molecular flexibility index (Phi) is 4.85. The second kappa shape index (κ2) is 6.62. The fourth-order valence-corrected chi connectivity index (χ4v) is 2.56. The molecule has 0 bridgehead atoms. The molecular formula is C14H17FN4OS. The van der Waals surface area contributed by atoms with Gasteiger partial charge >= 0.3 is 0 Å². The molecule has 7 heteroatoms. The predicted molar refractivity (Wildman–Crippen MR) is 82.5 cm³/mol. The third kappa shape index (κ3) is 3.75. The lowest BCUT2D eigenvalue weighted by Gasteiger charge is -2.09. The lowest BCUT2D eigenvalue weighted by molar-refractivity contribution is 0.102. The first-order valence-electron chi connectivity index (χ1n) is 6.67. The van der Waals surface area contributed by atoms with Crippen molar-refractivity contribution in [2.45, 2.75) is 26.7 Å². The Labute approximate surface area is 126 Å². The van der Waals surface area contributed by atoms with Gasteiger partial charge in [0.15, 0.2) is 5.13 Å². The van der Waals surface area contributed by atoms with Gasteiger partial charge in [-0.05, 0) is 18.9 Å². The summed E-state index contributed by atoms with van der Waals surface area (Å²) in [5, 5.41) is 8.01. The van der Waals surface area contributed by atoms with Gasteiger partial charge in [-0.1, -0.05) is 13.8 Å². The summed E-state index contributed by atoms with van der Waals surface area (Å²) in [5.74, 6) is -0.330. The number of aromatic nitrogens is 2. The van der Waals surface area contributed by atoms with Gasteiger partial charge in [-0.2, -0.15) is 0 Å². The second-order valence-electron chi connectivity index (χ2n) is 4.77. The minimum Gasteiger partial charge on any atom is -0.370 e. The van der Waals surface area contributed by atoms with Crippen LogP contribution in [-0.4, -0.2) is 22.4 Å². The van der Waals surface area contributed by atoms with E-state index < -0.39 is 11.7 Å². The summed E-state index contributed by atoms with van der Waals surface area (Å²) in [4.78, 5) is 20.5. The molecule has 2 N–H and O–H groups in total. The first-order valence-corrected chi connectivity index (χ1v) is 7.55. The van der Waals surface area contributed by atoms with Gasteiger partial charge in [0.2, 0.25) is 0 Å². The number of halogens is 1. The maximum absolute atomic E-state index is 13.3. The van der Waals surface area contributed by atoms with E-state index >= 15 is 0 Å². The number of carbonyl (C=O) groups excluding carboxylic acids is 1. The maximum Gasteiger partial charge on any atom is 0.261 e. The van der Waals surface area contributed by atoms with Crippen molar-refractivity contribution in [3.8, 4) is 0 Å². The lowest BCUT2D eigenvalue weighted by Crippen LogP contribution is -2.16. The van der Waals surface area contributed by atoms with Crippen molar-refractivity contribution in [2.24, 2.45) is 0 Å². The molecule has 0 saturated heterocycles. The molecule has 0 spiro atoms. The van der Waals surface area contributed by atoms with E-state index in [9.17, 15) is 9.18 Å². The summed E-state index contributed by atoms with van der Waals surface area (Å²) in [5.41, 5.74) is 1.08. The van der Waals surface area contributed by atoms with Crippen LogP contribution in [0.2, 0.25) is 0 Å². The van der Waals surface area contributed by atoms with E-state index in [1.54, 1.807) is 0 Å². The van der Waals surface area contributed by atoms with E-state index in [1.165, 1.54) is 11.3 Å². The Morgan fingerprint density at radius 3 is 2.86 bits per heavy atom. The maximum atomic E-state index is 13.3. The molecule has 0 saturated carbocycles. The van der Waals surface area contributed by atoms with Gasteiger partial charge in [-0.25, -0.2) is 14.4 Å². The monoisotopic (exact) mass is 308 g/mol. The van der Waals surface area contributed by atoms with Crippen LogP contribution in [-0.2, 0) is 0 Å². The number of nitrogens with zero attached hydrogens (tertiary/aromatic N) is 2. The zero-order valence-electron chi connectivity index (χ0n) is 12.1. The van der Waals surface area contributed by atoms with E-state index in [2.05, 4.69) is 20.6 Å². The van der Waals surface area contributed by atoms with Crippen molar-refractivity contribution < 1.29 is 9.18 Å². The van der Waals surface area contributed by atoms with Crippen molar-refractivity contribution in [3.05, 3.63) is 34.7 Å². The molecule has 0 fully saturated rings. The van der Waals surface area contributed by atoms with Crippen LogP contribution in [0.3, 0.4) is 0 Å². The molecular weight excluding hydrogens is 291 g/mol. The average molecular weight is 308 g/mol. The Balaban J connectivity index is 2.21. The lowest BCUT2D eigenvalue weighted by atomic mass is 10.2. The Morgan fingerprint density at radius 2 is 2.24 bits per heavy atom. The number of carbonyl (C=O) groups is 1. The molecule has 0 aromatic carbocycles. The first kappa shape index (κ1) is 15.4. The summed E-state index contributed by atoms with van der Waals surface area (Å²) in [6.07, 6.45) is 1.08. The molecule has 1 amide bonds. The van der Waals surface area contributed by atoms with Crippen molar-refractivity contribution in [3.63, 3.8) is 0 Å². The van der Waals surface area contributed by atoms with E-state index in [4.69, 9.17) is 0 Å². The summed E-state index contributed by atoms with van der Waals surface area (Å²) in [6.45, 7) is 6.52. The number of nitrogens with one attached hydrogen (secondary N) is 2. The Morgan fingerprint density at radius 1 is 1.48 bits per heavy atom. The first-order chi connectivity index (χ1) is 10.0. The third-order valence-corrected chi connectivity index (χ3v) is 3.55. The van der Waals surface area contributed by atoms with Gasteiger partial charge in [0, 0.05) is 11.9 Å². The number of anilines is 2. The van der Waals surface area contributed by atoms with Crippen LogP contribution in [0.1, 0.15) is 42.7 Å². The van der Waals surface area contributed by atoms with E-state index in [0.29, 0.717) is 23.4 Å². The summed E-state index contributed by atoms with van der Waals surface area (Å²) in [6, 6.07) is 1.16. The molecule has 0 aliphatic rings. The Bertz CT molecular complexity index is 642. The number of thiazole rings is 1. The molecule has 112 valence electrons. The van der Waals surface area contributed by atoms with Gasteiger partial charge in [-0.3, -0.25) is 10.1 Å². The quantitative estimate of drug-likeness (QED) is 0.887. The molecule has 0 aliphatic heterocycles. The van der Waals surface area contributed by atoms with Crippen molar-refractivity contribution in [1.29, 1.82) is 0 Å². The molecule has 0 radical (unpaired) electrons. The highest BCUT2D eigenvalue weighted by Crippen LogP contribution is 2.23. The SMILES string of the molecule is CCNc1ncc(F)cc1C(=O)Nc1nc(C(C)C)cs1. The van der Waals surface area contributed by atoms with Crippen LogP contribution in [0.25, 0.3) is 0 Å². The third-order valence-electron chi connectivity index (χ3n) is 2.78. The molecule has 5 nitrogen and oxygen atoms in total. The van der Waals surface area contributed by atoms with Crippen LogP contribution in [0.5, 0.6) is 0 Å². The standard InChI is InChI=1S/C14H17FN4OS/c1-4-16-12-10(5-9(15)6-17-12)13(20)19-14-18-11(7-21-14)8(2)3/h5-8H,4H2,1-3H3,(H,16,17)(H,18,19,20).